The number of amides is 2. The fraction of sp³-hybridized carbons (Fsp3) is 0.0909. The lowest BCUT2D eigenvalue weighted by Gasteiger charge is -2.04. The van der Waals surface area contributed by atoms with Crippen molar-refractivity contribution in [2.75, 3.05) is 6.54 Å². The molecule has 0 spiro atoms. The van der Waals surface area contributed by atoms with E-state index >= 15 is 0 Å². The van der Waals surface area contributed by atoms with Crippen LogP contribution in [0.3, 0.4) is 0 Å². The summed E-state index contributed by atoms with van der Waals surface area (Å²) >= 11 is 5.87. The molecule has 0 aliphatic carbocycles. The number of benzene rings is 2. The van der Waals surface area contributed by atoms with Crippen molar-refractivity contribution in [3.8, 4) is 11.3 Å². The summed E-state index contributed by atoms with van der Waals surface area (Å²) in [6, 6.07) is 14.7. The molecule has 3 aromatic rings. The fourth-order valence-electron chi connectivity index (χ4n) is 2.59. The molecule has 0 atom stereocenters. The fourth-order valence-corrected chi connectivity index (χ4v) is 2.79. The van der Waals surface area contributed by atoms with Crippen LogP contribution >= 0.6 is 11.6 Å². The van der Waals surface area contributed by atoms with Crippen LogP contribution in [0.5, 0.6) is 0 Å². The second-order valence-electron chi connectivity index (χ2n) is 6.54. The third-order valence-corrected chi connectivity index (χ3v) is 4.54. The minimum Gasteiger partial charge on any atom is -0.478 e. The number of carboxylic acid groups (broad SMARTS) is 1. The predicted molar refractivity (Wildman–Crippen MR) is 115 cm³/mol. The Morgan fingerprint density at radius 3 is 2.55 bits per heavy atom. The van der Waals surface area contributed by atoms with E-state index in [0.717, 1.165) is 5.56 Å². The molecule has 3 N–H and O–H groups in total. The molecule has 8 nitrogen and oxygen atoms in total. The number of hydrazone groups is 1. The molecule has 1 heterocycles. The molecule has 9 heteroatoms. The number of carbonyl (C=O) groups excluding carboxylic acids is 2. The van der Waals surface area contributed by atoms with E-state index in [0.29, 0.717) is 22.6 Å². The summed E-state index contributed by atoms with van der Waals surface area (Å²) in [6.07, 6.45) is 1.29. The van der Waals surface area contributed by atoms with Crippen molar-refractivity contribution < 1.29 is 23.9 Å². The second kappa shape index (κ2) is 9.73. The number of aromatic carboxylic acids is 1. The van der Waals surface area contributed by atoms with Crippen molar-refractivity contribution in [3.05, 3.63) is 82.1 Å². The Bertz CT molecular complexity index is 1150. The van der Waals surface area contributed by atoms with Crippen molar-refractivity contribution in [3.63, 3.8) is 0 Å². The first kappa shape index (κ1) is 21.8. The summed E-state index contributed by atoms with van der Waals surface area (Å²) in [6.45, 7) is 1.67. The van der Waals surface area contributed by atoms with Crippen LogP contribution in [-0.4, -0.2) is 35.6 Å². The van der Waals surface area contributed by atoms with E-state index in [9.17, 15) is 14.4 Å². The highest BCUT2D eigenvalue weighted by molar-refractivity contribution is 6.33. The Morgan fingerprint density at radius 2 is 1.84 bits per heavy atom. The highest BCUT2D eigenvalue weighted by Gasteiger charge is 2.12. The summed E-state index contributed by atoms with van der Waals surface area (Å²) in [4.78, 5) is 35.0. The molecule has 0 fully saturated rings. The van der Waals surface area contributed by atoms with Crippen LogP contribution in [0, 0.1) is 6.92 Å². The Balaban J connectivity index is 1.53. The molecule has 0 radical (unpaired) electrons. The second-order valence-corrected chi connectivity index (χ2v) is 6.95. The van der Waals surface area contributed by atoms with Crippen LogP contribution in [0.25, 0.3) is 11.3 Å². The molecule has 0 bridgehead atoms. The van der Waals surface area contributed by atoms with Gasteiger partial charge in [0.2, 0.25) is 0 Å². The lowest BCUT2D eigenvalue weighted by molar-refractivity contribution is -0.120. The predicted octanol–water partition coefficient (Wildman–Crippen LogP) is 3.49. The maximum Gasteiger partial charge on any atom is 0.337 e. The molecule has 31 heavy (non-hydrogen) atoms. The third-order valence-electron chi connectivity index (χ3n) is 4.21. The van der Waals surface area contributed by atoms with Gasteiger partial charge in [-0.25, -0.2) is 10.2 Å². The van der Waals surface area contributed by atoms with Crippen LogP contribution in [-0.2, 0) is 4.79 Å². The van der Waals surface area contributed by atoms with Crippen LogP contribution < -0.4 is 10.7 Å². The Morgan fingerprint density at radius 1 is 1.10 bits per heavy atom. The summed E-state index contributed by atoms with van der Waals surface area (Å²) in [5.41, 5.74) is 4.27. The van der Waals surface area contributed by atoms with E-state index in [1.165, 1.54) is 18.3 Å². The highest BCUT2D eigenvalue weighted by Crippen LogP contribution is 2.26. The van der Waals surface area contributed by atoms with E-state index in [2.05, 4.69) is 15.8 Å². The monoisotopic (exact) mass is 439 g/mol. The lowest BCUT2D eigenvalue weighted by Crippen LogP contribution is -2.34. The van der Waals surface area contributed by atoms with Gasteiger partial charge in [0.05, 0.1) is 23.3 Å². The molecule has 2 amide bonds. The van der Waals surface area contributed by atoms with E-state index in [-0.39, 0.29) is 23.0 Å². The van der Waals surface area contributed by atoms with Crippen LogP contribution in [0.2, 0.25) is 5.02 Å². The molecule has 0 aliphatic rings. The first-order chi connectivity index (χ1) is 14.8. The van der Waals surface area contributed by atoms with Crippen molar-refractivity contribution in [1.29, 1.82) is 0 Å². The zero-order valence-corrected chi connectivity index (χ0v) is 17.1. The van der Waals surface area contributed by atoms with E-state index < -0.39 is 11.9 Å². The summed E-state index contributed by atoms with van der Waals surface area (Å²) in [5.74, 6) is -1.26. The SMILES string of the molecule is Cc1ccc(C(=O)NCC(=O)N/N=C\c2ccc(-c3ccc(Cl)c(C(=O)O)c3)o2)cc1. The topological polar surface area (TPSA) is 121 Å². The molecule has 3 rings (SSSR count). The zero-order valence-electron chi connectivity index (χ0n) is 16.4. The molecular formula is C22H18ClN3O5. The average Bonchev–Trinajstić information content (AvgIpc) is 3.21. The molecular weight excluding hydrogens is 422 g/mol. The van der Waals surface area contributed by atoms with Crippen molar-refractivity contribution in [1.82, 2.24) is 10.7 Å². The van der Waals surface area contributed by atoms with Gasteiger partial charge in [-0.05, 0) is 49.4 Å². The van der Waals surface area contributed by atoms with Crippen LogP contribution in [0.1, 0.15) is 32.0 Å². The van der Waals surface area contributed by atoms with Gasteiger partial charge in [0.15, 0.2) is 0 Å². The number of halogens is 1. The van der Waals surface area contributed by atoms with Gasteiger partial charge in [0.1, 0.15) is 11.5 Å². The standard InChI is InChI=1S/C22H18ClN3O5/c1-13-2-4-14(5-3-13)21(28)24-12-20(27)26-25-11-16-7-9-19(31-16)15-6-8-18(23)17(10-15)22(29)30/h2-11H,12H2,1H3,(H,24,28)(H,26,27)(H,29,30)/b25-11-. The van der Waals surface area contributed by atoms with Gasteiger partial charge in [-0.3, -0.25) is 9.59 Å². The van der Waals surface area contributed by atoms with Crippen molar-refractivity contribution >= 4 is 35.6 Å². The van der Waals surface area contributed by atoms with Crippen molar-refractivity contribution in [2.45, 2.75) is 6.92 Å². The normalized spacial score (nSPS) is 10.8. The maximum atomic E-state index is 12.0. The van der Waals surface area contributed by atoms with Crippen LogP contribution in [0.15, 0.2) is 64.1 Å². The first-order valence-electron chi connectivity index (χ1n) is 9.13. The van der Waals surface area contributed by atoms with Gasteiger partial charge >= 0.3 is 5.97 Å². The minimum absolute atomic E-state index is 0.0364. The lowest BCUT2D eigenvalue weighted by atomic mass is 10.1. The van der Waals surface area contributed by atoms with Crippen molar-refractivity contribution in [2.24, 2.45) is 5.10 Å². The van der Waals surface area contributed by atoms with E-state index in [4.69, 9.17) is 21.1 Å². The zero-order chi connectivity index (χ0) is 22.4. The average molecular weight is 440 g/mol. The van der Waals surface area contributed by atoms with E-state index in [1.54, 1.807) is 30.3 Å². The quantitative estimate of drug-likeness (QED) is 0.384. The van der Waals surface area contributed by atoms with E-state index in [1.807, 2.05) is 19.1 Å². The molecule has 0 aliphatic heterocycles. The summed E-state index contributed by atoms with van der Waals surface area (Å²) in [5, 5.41) is 15.6. The maximum absolute atomic E-state index is 12.0. The first-order valence-corrected chi connectivity index (χ1v) is 9.51. The highest BCUT2D eigenvalue weighted by atomic mass is 35.5. The number of rotatable bonds is 7. The van der Waals surface area contributed by atoms with Gasteiger partial charge in [0.25, 0.3) is 11.8 Å². The number of hydrogen-bond donors (Lipinski definition) is 3. The molecule has 1 aromatic heterocycles. The molecule has 0 saturated carbocycles. The molecule has 158 valence electrons. The Labute approximate surface area is 182 Å². The number of nitrogens with one attached hydrogen (secondary N) is 2. The number of furan rings is 1. The number of nitrogens with zero attached hydrogens (tertiary/aromatic N) is 1. The van der Waals surface area contributed by atoms with Gasteiger partial charge < -0.3 is 14.8 Å². The van der Waals surface area contributed by atoms with Gasteiger partial charge in [-0.1, -0.05) is 29.3 Å². The number of aryl methyl sites for hydroxylation is 1. The summed E-state index contributed by atoms with van der Waals surface area (Å²) < 4.78 is 5.59. The Kier molecular flexibility index (Phi) is 6.84. The third kappa shape index (κ3) is 5.80. The number of hydrogen-bond acceptors (Lipinski definition) is 5. The summed E-state index contributed by atoms with van der Waals surface area (Å²) in [7, 11) is 0. The van der Waals surface area contributed by atoms with Gasteiger partial charge in [0, 0.05) is 11.1 Å². The van der Waals surface area contributed by atoms with Gasteiger partial charge in [-0.15, -0.1) is 0 Å². The Hall–Kier alpha value is -3.91. The van der Waals surface area contributed by atoms with Gasteiger partial charge in [-0.2, -0.15) is 5.10 Å². The van der Waals surface area contributed by atoms with Crippen LogP contribution in [0.4, 0.5) is 0 Å². The largest absolute Gasteiger partial charge is 0.478 e. The molecule has 2 aromatic carbocycles. The number of carboxylic acids is 1. The minimum atomic E-state index is -1.14. The smallest absolute Gasteiger partial charge is 0.337 e. The number of carbonyl (C=O) groups is 3. The molecule has 0 saturated heterocycles. The molecule has 0 unspecified atom stereocenters.